The number of halogens is 2. The summed E-state index contributed by atoms with van der Waals surface area (Å²) >= 11 is 8.42. The summed E-state index contributed by atoms with van der Waals surface area (Å²) in [7, 11) is 0. The van der Waals surface area contributed by atoms with E-state index < -0.39 is 0 Å². The molecule has 0 radical (unpaired) electrons. The molecule has 1 aliphatic rings. The van der Waals surface area contributed by atoms with Crippen LogP contribution in [0.25, 0.3) is 0 Å². The van der Waals surface area contributed by atoms with Crippen LogP contribution in [0.15, 0.2) is 36.4 Å². The van der Waals surface area contributed by atoms with Crippen LogP contribution in [0.4, 0.5) is 0 Å². The molecule has 0 saturated carbocycles. The third-order valence-electron chi connectivity index (χ3n) is 3.98. The van der Waals surface area contributed by atoms with Gasteiger partial charge in [0, 0.05) is 14.5 Å². The van der Waals surface area contributed by atoms with Crippen molar-refractivity contribution in [3.8, 4) is 5.75 Å². The predicted octanol–water partition coefficient (Wildman–Crippen LogP) is 4.66. The van der Waals surface area contributed by atoms with Crippen LogP contribution in [0.5, 0.6) is 5.75 Å². The Morgan fingerprint density at radius 3 is 2.57 bits per heavy atom. The van der Waals surface area contributed by atoms with Crippen molar-refractivity contribution in [3.05, 3.63) is 61.7 Å². The van der Waals surface area contributed by atoms with Crippen molar-refractivity contribution in [1.82, 2.24) is 0 Å². The second-order valence-corrected chi connectivity index (χ2v) is 7.65. The fraction of sp³-hybridized carbons (Fsp3) is 0.294. The third-order valence-corrected chi connectivity index (χ3v) is 5.56. The Balaban J connectivity index is 1.99. The molecule has 3 rings (SSSR count). The predicted molar refractivity (Wildman–Crippen MR) is 95.2 cm³/mol. The molecule has 2 aromatic rings. The van der Waals surface area contributed by atoms with Crippen LogP contribution in [0.1, 0.15) is 36.6 Å². The molecule has 2 nitrogen and oxygen atoms in total. The number of benzene rings is 2. The molecular formula is C17H17ClINO. The number of fused-ring (bicyclic) bond motifs is 1. The van der Waals surface area contributed by atoms with Crippen LogP contribution in [0.2, 0.25) is 5.02 Å². The van der Waals surface area contributed by atoms with E-state index >= 15 is 0 Å². The summed E-state index contributed by atoms with van der Waals surface area (Å²) in [5.74, 6) is 0.969. The topological polar surface area (TPSA) is 35.2 Å². The van der Waals surface area contributed by atoms with Gasteiger partial charge < -0.3 is 10.5 Å². The molecule has 1 atom stereocenters. The Morgan fingerprint density at radius 2 is 1.86 bits per heavy atom. The number of hydrogen-bond acceptors (Lipinski definition) is 2. The van der Waals surface area contributed by atoms with Gasteiger partial charge in [-0.05, 0) is 58.0 Å². The highest BCUT2D eigenvalue weighted by Gasteiger charge is 2.32. The lowest BCUT2D eigenvalue weighted by Gasteiger charge is -2.18. The van der Waals surface area contributed by atoms with Gasteiger partial charge in [0.25, 0.3) is 0 Å². The third kappa shape index (κ3) is 2.79. The summed E-state index contributed by atoms with van der Waals surface area (Å²) in [6.45, 7) is 5.10. The van der Waals surface area contributed by atoms with Crippen molar-refractivity contribution in [3.63, 3.8) is 0 Å². The lowest BCUT2D eigenvalue weighted by Crippen LogP contribution is -2.19. The summed E-state index contributed by atoms with van der Waals surface area (Å²) in [6, 6.07) is 12.0. The van der Waals surface area contributed by atoms with Crippen LogP contribution in [-0.2, 0) is 5.41 Å². The second-order valence-electron chi connectivity index (χ2n) is 6.08. The zero-order valence-electron chi connectivity index (χ0n) is 12.0. The first-order valence-electron chi connectivity index (χ1n) is 6.86. The highest BCUT2D eigenvalue weighted by Crippen LogP contribution is 2.40. The minimum atomic E-state index is -0.179. The standard InChI is InChI=1S/C17H17ClINO/c1-17(2)9-21-15-6-4-10(7-12(15)17)16(20)11-3-5-14(19)13(18)8-11/h3-8,16H,9,20H2,1-2H3. The molecule has 0 amide bonds. The minimum absolute atomic E-state index is 0.0365. The zero-order valence-corrected chi connectivity index (χ0v) is 14.9. The average Bonchev–Trinajstić information content (AvgIpc) is 2.76. The summed E-state index contributed by atoms with van der Waals surface area (Å²) in [4.78, 5) is 0. The van der Waals surface area contributed by atoms with Gasteiger partial charge in [-0.25, -0.2) is 0 Å². The van der Waals surface area contributed by atoms with E-state index in [0.717, 1.165) is 32.1 Å². The van der Waals surface area contributed by atoms with Crippen molar-refractivity contribution < 1.29 is 4.74 Å². The summed E-state index contributed by atoms with van der Waals surface area (Å²) in [5.41, 5.74) is 9.79. The Bertz CT molecular complexity index is 699. The molecule has 2 N–H and O–H groups in total. The van der Waals surface area contributed by atoms with Gasteiger partial charge in [0.05, 0.1) is 17.7 Å². The van der Waals surface area contributed by atoms with Crippen molar-refractivity contribution in [1.29, 1.82) is 0 Å². The lowest BCUT2D eigenvalue weighted by atomic mass is 9.85. The van der Waals surface area contributed by atoms with Gasteiger partial charge >= 0.3 is 0 Å². The largest absolute Gasteiger partial charge is 0.492 e. The number of nitrogens with two attached hydrogens (primary N) is 1. The normalized spacial score (nSPS) is 17.2. The van der Waals surface area contributed by atoms with Gasteiger partial charge in [-0.2, -0.15) is 0 Å². The maximum absolute atomic E-state index is 6.42. The van der Waals surface area contributed by atoms with E-state index in [-0.39, 0.29) is 11.5 Å². The molecule has 0 aliphatic carbocycles. The average molecular weight is 414 g/mol. The molecule has 0 saturated heterocycles. The maximum atomic E-state index is 6.42. The summed E-state index contributed by atoms with van der Waals surface area (Å²) < 4.78 is 6.76. The van der Waals surface area contributed by atoms with Crippen LogP contribution in [0, 0.1) is 3.57 Å². The number of rotatable bonds is 2. The fourth-order valence-corrected chi connectivity index (χ4v) is 3.15. The van der Waals surface area contributed by atoms with E-state index in [4.69, 9.17) is 22.1 Å². The van der Waals surface area contributed by atoms with Gasteiger partial charge in [-0.1, -0.05) is 37.6 Å². The number of hydrogen-bond donors (Lipinski definition) is 1. The first-order valence-corrected chi connectivity index (χ1v) is 8.32. The maximum Gasteiger partial charge on any atom is 0.123 e. The van der Waals surface area contributed by atoms with E-state index in [1.165, 1.54) is 5.56 Å². The molecule has 1 unspecified atom stereocenters. The number of ether oxygens (including phenoxy) is 1. The molecule has 1 heterocycles. The Morgan fingerprint density at radius 1 is 1.19 bits per heavy atom. The molecule has 110 valence electrons. The van der Waals surface area contributed by atoms with Gasteiger partial charge in [0.1, 0.15) is 5.75 Å². The van der Waals surface area contributed by atoms with Crippen molar-refractivity contribution >= 4 is 34.2 Å². The van der Waals surface area contributed by atoms with Gasteiger partial charge in [0.15, 0.2) is 0 Å². The first kappa shape index (κ1) is 15.1. The highest BCUT2D eigenvalue weighted by molar-refractivity contribution is 14.1. The summed E-state index contributed by atoms with van der Waals surface area (Å²) in [5, 5.41) is 0.744. The van der Waals surface area contributed by atoms with Gasteiger partial charge in [-0.15, -0.1) is 0 Å². The molecule has 21 heavy (non-hydrogen) atoms. The molecule has 2 aromatic carbocycles. The summed E-state index contributed by atoms with van der Waals surface area (Å²) in [6.07, 6.45) is 0. The molecule has 0 bridgehead atoms. The Kier molecular flexibility index (Phi) is 3.93. The van der Waals surface area contributed by atoms with E-state index in [0.29, 0.717) is 0 Å². The van der Waals surface area contributed by atoms with E-state index in [1.807, 2.05) is 30.3 Å². The Labute approximate surface area is 143 Å². The molecule has 1 aliphatic heterocycles. The molecule has 0 spiro atoms. The highest BCUT2D eigenvalue weighted by atomic mass is 127. The zero-order chi connectivity index (χ0) is 15.2. The first-order chi connectivity index (χ1) is 9.88. The van der Waals surface area contributed by atoms with Gasteiger partial charge in [-0.3, -0.25) is 0 Å². The molecule has 0 aromatic heterocycles. The van der Waals surface area contributed by atoms with Crippen LogP contribution < -0.4 is 10.5 Å². The van der Waals surface area contributed by atoms with E-state index in [1.54, 1.807) is 0 Å². The van der Waals surface area contributed by atoms with E-state index in [9.17, 15) is 0 Å². The van der Waals surface area contributed by atoms with Crippen LogP contribution in [0.3, 0.4) is 0 Å². The molecule has 4 heteroatoms. The van der Waals surface area contributed by atoms with Crippen LogP contribution >= 0.6 is 34.2 Å². The van der Waals surface area contributed by atoms with Crippen molar-refractivity contribution in [2.45, 2.75) is 25.3 Å². The van der Waals surface area contributed by atoms with Crippen molar-refractivity contribution in [2.24, 2.45) is 5.73 Å². The molecule has 0 fully saturated rings. The Hall–Kier alpha value is -0.780. The fourth-order valence-electron chi connectivity index (χ4n) is 2.63. The van der Waals surface area contributed by atoms with Crippen LogP contribution in [-0.4, -0.2) is 6.61 Å². The molecular weight excluding hydrogens is 397 g/mol. The lowest BCUT2D eigenvalue weighted by molar-refractivity contribution is 0.291. The quantitative estimate of drug-likeness (QED) is 0.727. The SMILES string of the molecule is CC1(C)COc2ccc(C(N)c3ccc(I)c(Cl)c3)cc21. The smallest absolute Gasteiger partial charge is 0.123 e. The second kappa shape index (κ2) is 5.45. The van der Waals surface area contributed by atoms with E-state index in [2.05, 4.69) is 42.5 Å². The van der Waals surface area contributed by atoms with Crippen molar-refractivity contribution in [2.75, 3.05) is 6.61 Å². The minimum Gasteiger partial charge on any atom is -0.492 e. The monoisotopic (exact) mass is 413 g/mol. The van der Waals surface area contributed by atoms with Gasteiger partial charge in [0.2, 0.25) is 0 Å².